The number of nitrogens with one attached hydrogen (secondary N) is 1. The number of anilines is 2. The molecule has 202 valence electrons. The molecule has 0 atom stereocenters. The molecule has 39 heavy (non-hydrogen) atoms. The van der Waals surface area contributed by atoms with Crippen molar-refractivity contribution in [2.45, 2.75) is 19.7 Å². The summed E-state index contributed by atoms with van der Waals surface area (Å²) in [5.74, 6) is 1.62. The Kier molecular flexibility index (Phi) is 8.28. The molecule has 0 saturated heterocycles. The van der Waals surface area contributed by atoms with Crippen molar-refractivity contribution in [3.8, 4) is 11.5 Å². The standard InChI is InChI=1S/C30H33N5O4/c1-34(2)25-7-5-9-27(16-25)38-13-12-37-19-24-20-39-30(33-24)35(17-22-6-4-8-26(14-22)36-3)18-23-10-11-28-29(15-23)32-21-31-28/h4-11,14-16,20-21H,12-13,17-19H2,1-3H3,(H,31,32). The molecule has 9 heteroatoms. The van der Waals surface area contributed by atoms with E-state index in [-0.39, 0.29) is 0 Å². The van der Waals surface area contributed by atoms with Gasteiger partial charge in [-0.15, -0.1) is 0 Å². The smallest absolute Gasteiger partial charge is 0.298 e. The minimum absolute atomic E-state index is 0.331. The average Bonchev–Trinajstić information content (AvgIpc) is 3.62. The molecule has 0 unspecified atom stereocenters. The van der Waals surface area contributed by atoms with Gasteiger partial charge in [-0.3, -0.25) is 0 Å². The first kappa shape index (κ1) is 26.1. The number of imidazole rings is 1. The molecule has 0 spiro atoms. The fraction of sp³-hybridized carbons (Fsp3) is 0.267. The van der Waals surface area contributed by atoms with E-state index in [1.165, 1.54) is 0 Å². The van der Waals surface area contributed by atoms with E-state index >= 15 is 0 Å². The molecule has 0 saturated carbocycles. The molecule has 1 N–H and O–H groups in total. The van der Waals surface area contributed by atoms with Crippen molar-refractivity contribution >= 4 is 22.7 Å². The van der Waals surface area contributed by atoms with Crippen molar-refractivity contribution in [3.05, 3.63) is 96.1 Å². The highest BCUT2D eigenvalue weighted by Gasteiger charge is 2.16. The average molecular weight is 528 g/mol. The summed E-state index contributed by atoms with van der Waals surface area (Å²) >= 11 is 0. The molecule has 0 fully saturated rings. The van der Waals surface area contributed by atoms with E-state index in [4.69, 9.17) is 23.6 Å². The molecule has 0 bridgehead atoms. The van der Waals surface area contributed by atoms with E-state index in [1.807, 2.05) is 67.5 Å². The van der Waals surface area contributed by atoms with Crippen LogP contribution in [0.2, 0.25) is 0 Å². The lowest BCUT2D eigenvalue weighted by molar-refractivity contribution is 0.0869. The fourth-order valence-corrected chi connectivity index (χ4v) is 4.24. The predicted octanol–water partition coefficient (Wildman–Crippen LogP) is 5.43. The number of hydrogen-bond donors (Lipinski definition) is 1. The second-order valence-electron chi connectivity index (χ2n) is 9.38. The van der Waals surface area contributed by atoms with E-state index in [0.29, 0.717) is 38.9 Å². The van der Waals surface area contributed by atoms with E-state index in [9.17, 15) is 0 Å². The number of aromatic amines is 1. The van der Waals surface area contributed by atoms with E-state index in [0.717, 1.165) is 45.0 Å². The number of rotatable bonds is 13. The molecule has 5 rings (SSSR count). The molecule has 0 aliphatic heterocycles. The number of H-pyrrole nitrogens is 1. The van der Waals surface area contributed by atoms with Gasteiger partial charge in [0.2, 0.25) is 0 Å². The molecule has 3 aromatic carbocycles. The van der Waals surface area contributed by atoms with Crippen LogP contribution in [0, 0.1) is 0 Å². The Hall–Kier alpha value is -4.50. The molecule has 5 aromatic rings. The minimum atomic E-state index is 0.331. The Morgan fingerprint density at radius 3 is 2.56 bits per heavy atom. The third kappa shape index (κ3) is 6.88. The van der Waals surface area contributed by atoms with Crippen LogP contribution in [0.4, 0.5) is 11.7 Å². The van der Waals surface area contributed by atoms with Crippen LogP contribution in [0.25, 0.3) is 11.0 Å². The Labute approximate surface area is 228 Å². The first-order valence-corrected chi connectivity index (χ1v) is 12.8. The van der Waals surface area contributed by atoms with Gasteiger partial charge >= 0.3 is 0 Å². The zero-order valence-corrected chi connectivity index (χ0v) is 22.5. The van der Waals surface area contributed by atoms with Gasteiger partial charge in [0.05, 0.1) is 37.7 Å². The zero-order chi connectivity index (χ0) is 27.0. The summed E-state index contributed by atoms with van der Waals surface area (Å²) in [5, 5.41) is 0. The number of nitrogens with zero attached hydrogens (tertiary/aromatic N) is 4. The maximum atomic E-state index is 5.91. The highest BCUT2D eigenvalue weighted by atomic mass is 16.5. The van der Waals surface area contributed by atoms with E-state index in [2.05, 4.69) is 33.1 Å². The summed E-state index contributed by atoms with van der Waals surface area (Å²) in [7, 11) is 5.68. The molecule has 0 amide bonds. The molecule has 0 aliphatic rings. The molecule has 0 aliphatic carbocycles. The van der Waals surface area contributed by atoms with Gasteiger partial charge in [-0.2, -0.15) is 4.98 Å². The normalized spacial score (nSPS) is 11.1. The summed E-state index contributed by atoms with van der Waals surface area (Å²) in [6, 6.07) is 22.7. The van der Waals surface area contributed by atoms with Gasteiger partial charge in [0.25, 0.3) is 6.01 Å². The summed E-state index contributed by atoms with van der Waals surface area (Å²) < 4.78 is 23.0. The van der Waals surface area contributed by atoms with Gasteiger partial charge in [0.1, 0.15) is 30.1 Å². The van der Waals surface area contributed by atoms with Crippen LogP contribution < -0.4 is 19.3 Å². The molecular formula is C30H33N5O4. The first-order chi connectivity index (χ1) is 19.1. The number of fused-ring (bicyclic) bond motifs is 1. The van der Waals surface area contributed by atoms with Crippen molar-refractivity contribution in [2.24, 2.45) is 0 Å². The Morgan fingerprint density at radius 2 is 1.72 bits per heavy atom. The van der Waals surface area contributed by atoms with Crippen LogP contribution in [0.1, 0.15) is 16.8 Å². The topological polar surface area (TPSA) is 88.9 Å². The minimum Gasteiger partial charge on any atom is -0.497 e. The molecule has 2 heterocycles. The van der Waals surface area contributed by atoms with Gasteiger partial charge in [-0.05, 0) is 47.5 Å². The number of ether oxygens (including phenoxy) is 3. The lowest BCUT2D eigenvalue weighted by Gasteiger charge is -2.21. The Bertz CT molecular complexity index is 1500. The predicted molar refractivity (Wildman–Crippen MR) is 151 cm³/mol. The third-order valence-corrected chi connectivity index (χ3v) is 6.26. The summed E-state index contributed by atoms with van der Waals surface area (Å²) in [5.41, 5.74) is 5.93. The van der Waals surface area contributed by atoms with Crippen LogP contribution >= 0.6 is 0 Å². The van der Waals surface area contributed by atoms with Gasteiger partial charge in [0.15, 0.2) is 0 Å². The van der Waals surface area contributed by atoms with Gasteiger partial charge < -0.3 is 33.4 Å². The maximum Gasteiger partial charge on any atom is 0.298 e. The molecule has 2 aromatic heterocycles. The van der Waals surface area contributed by atoms with Gasteiger partial charge in [-0.25, -0.2) is 4.98 Å². The first-order valence-electron chi connectivity index (χ1n) is 12.8. The zero-order valence-electron chi connectivity index (χ0n) is 22.5. The van der Waals surface area contributed by atoms with Crippen molar-refractivity contribution in [1.82, 2.24) is 15.0 Å². The second kappa shape index (κ2) is 12.4. The number of hydrogen-bond acceptors (Lipinski definition) is 8. The van der Waals surface area contributed by atoms with Crippen molar-refractivity contribution in [3.63, 3.8) is 0 Å². The molecule has 0 radical (unpaired) electrons. The largest absolute Gasteiger partial charge is 0.497 e. The lowest BCUT2D eigenvalue weighted by atomic mass is 10.1. The maximum absolute atomic E-state index is 5.91. The van der Waals surface area contributed by atoms with Gasteiger partial charge in [0, 0.05) is 38.9 Å². The lowest BCUT2D eigenvalue weighted by Crippen LogP contribution is -2.22. The van der Waals surface area contributed by atoms with Crippen LogP contribution in [-0.2, 0) is 24.4 Å². The highest BCUT2D eigenvalue weighted by molar-refractivity contribution is 5.75. The quantitative estimate of drug-likeness (QED) is 0.203. The number of methoxy groups -OCH3 is 1. The fourth-order valence-electron chi connectivity index (χ4n) is 4.24. The third-order valence-electron chi connectivity index (χ3n) is 6.26. The van der Waals surface area contributed by atoms with Crippen LogP contribution in [0.15, 0.2) is 83.7 Å². The van der Waals surface area contributed by atoms with Crippen LogP contribution in [0.5, 0.6) is 11.5 Å². The van der Waals surface area contributed by atoms with E-state index < -0.39 is 0 Å². The van der Waals surface area contributed by atoms with Gasteiger partial charge in [-0.1, -0.05) is 24.3 Å². The number of benzene rings is 3. The molecular weight excluding hydrogens is 494 g/mol. The van der Waals surface area contributed by atoms with Crippen molar-refractivity contribution in [1.29, 1.82) is 0 Å². The van der Waals surface area contributed by atoms with Crippen molar-refractivity contribution < 1.29 is 18.6 Å². The van der Waals surface area contributed by atoms with Crippen molar-refractivity contribution in [2.75, 3.05) is 44.2 Å². The summed E-state index contributed by atoms with van der Waals surface area (Å²) in [6.07, 6.45) is 3.35. The summed E-state index contributed by atoms with van der Waals surface area (Å²) in [4.78, 5) is 16.4. The Balaban J connectivity index is 1.22. The van der Waals surface area contributed by atoms with E-state index in [1.54, 1.807) is 19.7 Å². The number of oxazole rings is 1. The van der Waals surface area contributed by atoms with Crippen LogP contribution in [-0.4, -0.2) is 49.4 Å². The highest BCUT2D eigenvalue weighted by Crippen LogP contribution is 2.24. The second-order valence-corrected chi connectivity index (χ2v) is 9.38. The molecule has 9 nitrogen and oxygen atoms in total. The van der Waals surface area contributed by atoms with Crippen LogP contribution in [0.3, 0.4) is 0 Å². The Morgan fingerprint density at radius 1 is 0.897 bits per heavy atom. The SMILES string of the molecule is COc1cccc(CN(Cc2ccc3nc[nH]c3c2)c2nc(COCCOc3cccc(N(C)C)c3)co2)c1. The number of aromatic nitrogens is 3. The summed E-state index contributed by atoms with van der Waals surface area (Å²) in [6.45, 7) is 2.41. The monoisotopic (exact) mass is 527 g/mol.